The summed E-state index contributed by atoms with van der Waals surface area (Å²) in [5, 5.41) is 0. The van der Waals surface area contributed by atoms with Crippen LogP contribution in [0.2, 0.25) is 0 Å². The molecule has 0 unspecified atom stereocenters. The molecule has 0 fully saturated rings. The Morgan fingerprint density at radius 2 is 1.03 bits per heavy atom. The van der Waals surface area contributed by atoms with E-state index in [4.69, 9.17) is 0 Å². The first-order chi connectivity index (χ1) is 18.9. The maximum absolute atomic E-state index is 2.65. The SMILES string of the molecule is CCC1(CC)c2ccccc2-c2cc3c(cc21)C(CC)(CC)c1cc(C2=Cc4ccccc4C2(C)C)ccc1-3. The van der Waals surface area contributed by atoms with E-state index in [1.54, 1.807) is 11.1 Å². The Balaban J connectivity index is 1.45. The Bertz CT molecular complexity index is 1670. The molecule has 0 heteroatoms. The number of hydrogen-bond acceptors (Lipinski definition) is 0. The monoisotopic (exact) mass is 508 g/mol. The van der Waals surface area contributed by atoms with Gasteiger partial charge in [0.2, 0.25) is 0 Å². The summed E-state index contributed by atoms with van der Waals surface area (Å²) >= 11 is 0. The summed E-state index contributed by atoms with van der Waals surface area (Å²) in [6.07, 6.45) is 6.94. The fraction of sp³-hybridized carbons (Fsp3) is 0.333. The first-order valence-corrected chi connectivity index (χ1v) is 15.1. The molecule has 0 nitrogen and oxygen atoms in total. The Morgan fingerprint density at radius 3 is 1.67 bits per heavy atom. The molecular weight excluding hydrogens is 468 g/mol. The lowest BCUT2D eigenvalue weighted by molar-refractivity contribution is 0.476. The van der Waals surface area contributed by atoms with Crippen LogP contribution in [-0.2, 0) is 16.2 Å². The van der Waals surface area contributed by atoms with Crippen molar-refractivity contribution < 1.29 is 0 Å². The smallest absolute Gasteiger partial charge is 0.0210 e. The highest BCUT2D eigenvalue weighted by atomic mass is 14.5. The van der Waals surface area contributed by atoms with E-state index >= 15 is 0 Å². The number of benzene rings is 4. The zero-order valence-corrected chi connectivity index (χ0v) is 24.4. The highest BCUT2D eigenvalue weighted by molar-refractivity contribution is 5.96. The predicted molar refractivity (Wildman–Crippen MR) is 167 cm³/mol. The van der Waals surface area contributed by atoms with Gasteiger partial charge in [0.1, 0.15) is 0 Å². The summed E-state index contributed by atoms with van der Waals surface area (Å²) in [4.78, 5) is 0. The third-order valence-corrected chi connectivity index (χ3v) is 11.1. The van der Waals surface area contributed by atoms with E-state index in [-0.39, 0.29) is 16.2 Å². The van der Waals surface area contributed by atoms with Crippen molar-refractivity contribution in [3.05, 3.63) is 118 Å². The van der Waals surface area contributed by atoms with Gasteiger partial charge in [-0.15, -0.1) is 0 Å². The number of rotatable bonds is 5. The van der Waals surface area contributed by atoms with Crippen molar-refractivity contribution >= 4 is 11.6 Å². The molecule has 0 saturated carbocycles. The lowest BCUT2D eigenvalue weighted by Gasteiger charge is -2.33. The van der Waals surface area contributed by atoms with Crippen LogP contribution < -0.4 is 0 Å². The molecule has 0 radical (unpaired) electrons. The van der Waals surface area contributed by atoms with Crippen molar-refractivity contribution in [2.24, 2.45) is 0 Å². The molecule has 196 valence electrons. The van der Waals surface area contributed by atoms with Gasteiger partial charge in [0, 0.05) is 16.2 Å². The van der Waals surface area contributed by atoms with Gasteiger partial charge in [0.25, 0.3) is 0 Å². The van der Waals surface area contributed by atoms with Crippen LogP contribution in [0.25, 0.3) is 33.9 Å². The molecule has 0 aliphatic heterocycles. The molecule has 39 heavy (non-hydrogen) atoms. The molecule has 4 aromatic rings. The summed E-state index contributed by atoms with van der Waals surface area (Å²) in [6, 6.07) is 30.7. The number of allylic oxidation sites excluding steroid dienone is 1. The summed E-state index contributed by atoms with van der Waals surface area (Å²) in [6.45, 7) is 14.3. The van der Waals surface area contributed by atoms with Gasteiger partial charge in [-0.1, -0.05) is 108 Å². The molecule has 0 bridgehead atoms. The molecule has 0 amide bonds. The minimum Gasteiger partial charge on any atom is -0.0642 e. The zero-order valence-electron chi connectivity index (χ0n) is 24.4. The average Bonchev–Trinajstić information content (AvgIpc) is 3.52. The molecule has 4 aromatic carbocycles. The highest BCUT2D eigenvalue weighted by Gasteiger charge is 2.46. The molecule has 3 aliphatic carbocycles. The molecule has 3 aliphatic rings. The van der Waals surface area contributed by atoms with Crippen LogP contribution in [0.1, 0.15) is 106 Å². The second-order valence-electron chi connectivity index (χ2n) is 12.6. The predicted octanol–water partition coefficient (Wildman–Crippen LogP) is 10.7. The average molecular weight is 509 g/mol. The lowest BCUT2D eigenvalue weighted by Crippen LogP contribution is -2.26. The minimum atomic E-state index is 0.00408. The molecular formula is C39H40. The molecule has 0 N–H and O–H groups in total. The van der Waals surface area contributed by atoms with Gasteiger partial charge >= 0.3 is 0 Å². The highest BCUT2D eigenvalue weighted by Crippen LogP contribution is 2.60. The second-order valence-corrected chi connectivity index (χ2v) is 12.6. The van der Waals surface area contributed by atoms with Gasteiger partial charge in [0.05, 0.1) is 0 Å². The van der Waals surface area contributed by atoms with E-state index in [1.165, 1.54) is 55.6 Å². The maximum atomic E-state index is 2.65. The minimum absolute atomic E-state index is 0.00408. The van der Waals surface area contributed by atoms with Crippen molar-refractivity contribution in [1.29, 1.82) is 0 Å². The Morgan fingerprint density at radius 1 is 0.487 bits per heavy atom. The first kappa shape index (κ1) is 24.6. The topological polar surface area (TPSA) is 0 Å². The van der Waals surface area contributed by atoms with Crippen LogP contribution >= 0.6 is 0 Å². The van der Waals surface area contributed by atoms with E-state index in [0.717, 1.165) is 25.7 Å². The molecule has 0 spiro atoms. The van der Waals surface area contributed by atoms with E-state index < -0.39 is 0 Å². The zero-order chi connectivity index (χ0) is 27.2. The van der Waals surface area contributed by atoms with Gasteiger partial charge in [-0.05, 0) is 111 Å². The third-order valence-electron chi connectivity index (χ3n) is 11.1. The Kier molecular flexibility index (Phi) is 5.25. The van der Waals surface area contributed by atoms with E-state index in [9.17, 15) is 0 Å². The maximum Gasteiger partial charge on any atom is 0.0210 e. The second kappa shape index (κ2) is 8.31. The standard InChI is InChI=1S/C39H40/c1-7-38(8-2)32-18-14-12-16-27(32)29-23-30-28-20-19-26(33-21-25-15-11-13-17-31(25)37(33,5)6)22-34(28)39(9-3,10-4)36(30)24-35(29)38/h11-24H,7-10H2,1-6H3. The Hall–Kier alpha value is -3.38. The van der Waals surface area contributed by atoms with Gasteiger partial charge in [-0.3, -0.25) is 0 Å². The fourth-order valence-corrected chi connectivity index (χ4v) is 8.75. The van der Waals surface area contributed by atoms with Crippen LogP contribution in [0.4, 0.5) is 0 Å². The Labute approximate surface area is 234 Å². The molecule has 0 saturated heterocycles. The lowest BCUT2D eigenvalue weighted by atomic mass is 9.69. The van der Waals surface area contributed by atoms with Crippen molar-refractivity contribution in [2.75, 3.05) is 0 Å². The van der Waals surface area contributed by atoms with Crippen LogP contribution in [0, 0.1) is 0 Å². The van der Waals surface area contributed by atoms with Crippen molar-refractivity contribution in [1.82, 2.24) is 0 Å². The van der Waals surface area contributed by atoms with Crippen LogP contribution in [0.15, 0.2) is 78.9 Å². The van der Waals surface area contributed by atoms with Gasteiger partial charge in [-0.25, -0.2) is 0 Å². The van der Waals surface area contributed by atoms with Crippen LogP contribution in [-0.4, -0.2) is 0 Å². The van der Waals surface area contributed by atoms with E-state index in [0.29, 0.717) is 0 Å². The van der Waals surface area contributed by atoms with Gasteiger partial charge in [-0.2, -0.15) is 0 Å². The normalized spacial score (nSPS) is 18.2. The van der Waals surface area contributed by atoms with Crippen LogP contribution in [0.3, 0.4) is 0 Å². The molecule has 0 heterocycles. The first-order valence-electron chi connectivity index (χ1n) is 15.1. The van der Waals surface area contributed by atoms with E-state index in [1.807, 2.05) is 0 Å². The van der Waals surface area contributed by atoms with Crippen molar-refractivity contribution in [3.63, 3.8) is 0 Å². The third kappa shape index (κ3) is 2.96. The molecule has 7 rings (SSSR count). The van der Waals surface area contributed by atoms with Crippen molar-refractivity contribution in [2.45, 2.75) is 83.5 Å². The van der Waals surface area contributed by atoms with Gasteiger partial charge in [0.15, 0.2) is 0 Å². The van der Waals surface area contributed by atoms with E-state index in [2.05, 4.69) is 126 Å². The number of fused-ring (bicyclic) bond motifs is 7. The largest absolute Gasteiger partial charge is 0.0642 e. The van der Waals surface area contributed by atoms with Crippen molar-refractivity contribution in [3.8, 4) is 22.3 Å². The summed E-state index contributed by atoms with van der Waals surface area (Å²) in [5.74, 6) is 0. The van der Waals surface area contributed by atoms with Crippen LogP contribution in [0.5, 0.6) is 0 Å². The molecule has 0 atom stereocenters. The molecule has 0 aromatic heterocycles. The van der Waals surface area contributed by atoms with Gasteiger partial charge < -0.3 is 0 Å². The summed E-state index contributed by atoms with van der Waals surface area (Å²) in [7, 11) is 0. The summed E-state index contributed by atoms with van der Waals surface area (Å²) in [5.41, 5.74) is 17.8. The summed E-state index contributed by atoms with van der Waals surface area (Å²) < 4.78 is 0. The number of hydrogen-bond donors (Lipinski definition) is 0. The fourth-order valence-electron chi connectivity index (χ4n) is 8.75. The quantitative estimate of drug-likeness (QED) is 0.251.